The predicted molar refractivity (Wildman–Crippen MR) is 87.4 cm³/mol. The van der Waals surface area contributed by atoms with E-state index < -0.39 is 23.3 Å². The molecule has 0 aromatic heterocycles. The highest BCUT2D eigenvalue weighted by atomic mass is 19.4. The predicted octanol–water partition coefficient (Wildman–Crippen LogP) is 5.14. The van der Waals surface area contributed by atoms with Crippen molar-refractivity contribution in [2.45, 2.75) is 32.5 Å². The van der Waals surface area contributed by atoms with Gasteiger partial charge in [0.2, 0.25) is 0 Å². The van der Waals surface area contributed by atoms with Gasteiger partial charge in [-0.2, -0.15) is 13.2 Å². The first-order valence-electron chi connectivity index (χ1n) is 7.51. The van der Waals surface area contributed by atoms with Crippen LogP contribution in [0.2, 0.25) is 0 Å². The summed E-state index contributed by atoms with van der Waals surface area (Å²) in [4.78, 5) is 22.7. The monoisotopic (exact) mass is 350 g/mol. The van der Waals surface area contributed by atoms with Gasteiger partial charge in [-0.1, -0.05) is 24.3 Å². The van der Waals surface area contributed by atoms with Gasteiger partial charge in [0.1, 0.15) is 11.9 Å². The quantitative estimate of drug-likeness (QED) is 0.569. The molecule has 0 aliphatic rings. The highest BCUT2D eigenvalue weighted by molar-refractivity contribution is 5.90. The molecule has 0 radical (unpaired) electrons. The summed E-state index contributed by atoms with van der Waals surface area (Å²) in [5.41, 5.74) is -1.14. The summed E-state index contributed by atoms with van der Waals surface area (Å²) in [7, 11) is 0. The largest absolute Gasteiger partial charge is 0.456 e. The molecule has 2 aromatic carbocycles. The third kappa shape index (κ3) is 4.68. The Morgan fingerprint density at radius 3 is 2.08 bits per heavy atom. The zero-order valence-electron chi connectivity index (χ0n) is 14.0. The van der Waals surface area contributed by atoms with E-state index in [0.717, 1.165) is 6.07 Å². The maximum Gasteiger partial charge on any atom is 0.417 e. The van der Waals surface area contributed by atoms with Crippen LogP contribution in [0.3, 0.4) is 0 Å². The minimum Gasteiger partial charge on any atom is -0.456 e. The molecule has 0 saturated carbocycles. The molecule has 0 N–H and O–H groups in total. The summed E-state index contributed by atoms with van der Waals surface area (Å²) in [5, 5.41) is 0. The summed E-state index contributed by atoms with van der Waals surface area (Å²) in [5.74, 6) is -0.550. The van der Waals surface area contributed by atoms with Gasteiger partial charge in [0.15, 0.2) is 0 Å². The van der Waals surface area contributed by atoms with Crippen LogP contribution >= 0.6 is 0 Å². The Hall–Kier alpha value is -2.63. The molecule has 132 valence electrons. The van der Waals surface area contributed by atoms with E-state index in [-0.39, 0.29) is 22.3 Å². The second kappa shape index (κ2) is 6.70. The van der Waals surface area contributed by atoms with Crippen LogP contribution in [0.25, 0.3) is 11.1 Å². The molecular formula is C19H17F3O3. The van der Waals surface area contributed by atoms with Gasteiger partial charge in [-0.3, -0.25) is 4.79 Å². The smallest absolute Gasteiger partial charge is 0.417 e. The fourth-order valence-electron chi connectivity index (χ4n) is 2.24. The van der Waals surface area contributed by atoms with Gasteiger partial charge in [0.05, 0.1) is 11.1 Å². The van der Waals surface area contributed by atoms with E-state index in [0.29, 0.717) is 6.29 Å². The van der Waals surface area contributed by atoms with Gasteiger partial charge < -0.3 is 4.74 Å². The van der Waals surface area contributed by atoms with E-state index >= 15 is 0 Å². The number of hydrogen-bond acceptors (Lipinski definition) is 3. The molecule has 0 saturated heterocycles. The summed E-state index contributed by atoms with van der Waals surface area (Å²) >= 11 is 0. The highest BCUT2D eigenvalue weighted by Gasteiger charge is 2.34. The van der Waals surface area contributed by atoms with Crippen LogP contribution in [0.4, 0.5) is 13.2 Å². The fourth-order valence-corrected chi connectivity index (χ4v) is 2.24. The first-order valence-corrected chi connectivity index (χ1v) is 7.51. The van der Waals surface area contributed by atoms with Gasteiger partial charge >= 0.3 is 12.1 Å². The standard InChI is InChI=1S/C19H17F3O3/c1-18(2,3)25-17(24)14-7-5-13(6-8-14)15-9-4-12(11-23)10-16(15)19(20,21)22/h4-11H,1-3H3. The average molecular weight is 350 g/mol. The summed E-state index contributed by atoms with van der Waals surface area (Å²) < 4.78 is 45.0. The van der Waals surface area contributed by atoms with Crippen LogP contribution in [0, 0.1) is 0 Å². The zero-order chi connectivity index (χ0) is 18.8. The van der Waals surface area contributed by atoms with Gasteiger partial charge in [-0.05, 0) is 50.1 Å². The minimum absolute atomic E-state index is 0.0542. The van der Waals surface area contributed by atoms with E-state index in [1.807, 2.05) is 0 Å². The molecule has 0 atom stereocenters. The van der Waals surface area contributed by atoms with Crippen LogP contribution in [0.5, 0.6) is 0 Å². The normalized spacial score (nSPS) is 11.9. The topological polar surface area (TPSA) is 43.4 Å². The van der Waals surface area contributed by atoms with Crippen LogP contribution < -0.4 is 0 Å². The number of benzene rings is 2. The van der Waals surface area contributed by atoms with Crippen LogP contribution in [-0.2, 0) is 10.9 Å². The Bertz CT molecular complexity index is 785. The first kappa shape index (κ1) is 18.7. The summed E-state index contributed by atoms with van der Waals surface area (Å²) in [6, 6.07) is 9.04. The average Bonchev–Trinajstić information content (AvgIpc) is 2.52. The SMILES string of the molecule is CC(C)(C)OC(=O)c1ccc(-c2ccc(C=O)cc2C(F)(F)F)cc1. The molecule has 0 aliphatic carbocycles. The number of esters is 1. The molecule has 6 heteroatoms. The second-order valence-electron chi connectivity index (χ2n) is 6.50. The van der Waals surface area contributed by atoms with Crippen molar-refractivity contribution >= 4 is 12.3 Å². The number of carbonyl (C=O) groups excluding carboxylic acids is 2. The number of aldehydes is 1. The number of alkyl halides is 3. The van der Waals surface area contributed by atoms with Crippen molar-refractivity contribution in [3.05, 3.63) is 59.2 Å². The molecule has 3 nitrogen and oxygen atoms in total. The van der Waals surface area contributed by atoms with Crippen molar-refractivity contribution < 1.29 is 27.5 Å². The molecule has 0 amide bonds. The van der Waals surface area contributed by atoms with E-state index in [1.165, 1.54) is 36.4 Å². The summed E-state index contributed by atoms with van der Waals surface area (Å²) in [6.07, 6.45) is -4.23. The highest BCUT2D eigenvalue weighted by Crippen LogP contribution is 2.37. The number of ether oxygens (including phenoxy) is 1. The number of rotatable bonds is 3. The minimum atomic E-state index is -4.60. The third-order valence-electron chi connectivity index (χ3n) is 3.32. The molecule has 0 spiro atoms. The Balaban J connectivity index is 2.40. The molecule has 0 fully saturated rings. The van der Waals surface area contributed by atoms with Gasteiger partial charge in [-0.25, -0.2) is 4.79 Å². The van der Waals surface area contributed by atoms with Gasteiger partial charge in [0.25, 0.3) is 0 Å². The Labute approximate surface area is 143 Å². The molecule has 25 heavy (non-hydrogen) atoms. The Kier molecular flexibility index (Phi) is 5.02. The van der Waals surface area contributed by atoms with E-state index in [9.17, 15) is 22.8 Å². The zero-order valence-corrected chi connectivity index (χ0v) is 14.0. The van der Waals surface area contributed by atoms with Crippen molar-refractivity contribution in [3.8, 4) is 11.1 Å². The second-order valence-corrected chi connectivity index (χ2v) is 6.50. The number of hydrogen-bond donors (Lipinski definition) is 0. The maximum atomic E-state index is 13.3. The lowest BCUT2D eigenvalue weighted by molar-refractivity contribution is -0.137. The summed E-state index contributed by atoms with van der Waals surface area (Å²) in [6.45, 7) is 5.18. The number of carbonyl (C=O) groups is 2. The Morgan fingerprint density at radius 2 is 1.60 bits per heavy atom. The van der Waals surface area contributed by atoms with Gasteiger partial charge in [-0.15, -0.1) is 0 Å². The molecule has 0 aliphatic heterocycles. The third-order valence-corrected chi connectivity index (χ3v) is 3.32. The molecule has 0 bridgehead atoms. The van der Waals surface area contributed by atoms with Crippen molar-refractivity contribution in [3.63, 3.8) is 0 Å². The van der Waals surface area contributed by atoms with Crippen LogP contribution in [-0.4, -0.2) is 17.9 Å². The lowest BCUT2D eigenvalue weighted by atomic mass is 9.96. The number of halogens is 3. The van der Waals surface area contributed by atoms with Gasteiger partial charge in [0, 0.05) is 5.56 Å². The van der Waals surface area contributed by atoms with Crippen molar-refractivity contribution in [1.82, 2.24) is 0 Å². The Morgan fingerprint density at radius 1 is 1.00 bits per heavy atom. The van der Waals surface area contributed by atoms with E-state index in [4.69, 9.17) is 4.74 Å². The molecule has 0 unspecified atom stereocenters. The lowest BCUT2D eigenvalue weighted by Crippen LogP contribution is -2.23. The first-order chi connectivity index (χ1) is 11.5. The van der Waals surface area contributed by atoms with Crippen molar-refractivity contribution in [2.24, 2.45) is 0 Å². The molecule has 2 aromatic rings. The fraction of sp³-hybridized carbons (Fsp3) is 0.263. The molecule has 0 heterocycles. The molecular weight excluding hydrogens is 333 g/mol. The van der Waals surface area contributed by atoms with E-state index in [2.05, 4.69) is 0 Å². The van der Waals surface area contributed by atoms with E-state index in [1.54, 1.807) is 20.8 Å². The van der Waals surface area contributed by atoms with Crippen LogP contribution in [0.1, 0.15) is 47.1 Å². The van der Waals surface area contributed by atoms with Crippen molar-refractivity contribution in [1.29, 1.82) is 0 Å². The van der Waals surface area contributed by atoms with Crippen LogP contribution in [0.15, 0.2) is 42.5 Å². The van der Waals surface area contributed by atoms with Crippen molar-refractivity contribution in [2.75, 3.05) is 0 Å². The molecule has 2 rings (SSSR count). The lowest BCUT2D eigenvalue weighted by Gasteiger charge is -2.19. The maximum absolute atomic E-state index is 13.3.